The Bertz CT molecular complexity index is 1480. The number of aromatic nitrogens is 2. The second-order valence-corrected chi connectivity index (χ2v) is 12.4. The zero-order valence-corrected chi connectivity index (χ0v) is 24.9. The fourth-order valence-electron chi connectivity index (χ4n) is 6.61. The van der Waals surface area contributed by atoms with Gasteiger partial charge in [0.1, 0.15) is 17.5 Å². The van der Waals surface area contributed by atoms with Crippen molar-refractivity contribution in [2.45, 2.75) is 70.1 Å². The topological polar surface area (TPSA) is 61.9 Å². The Labute approximate surface area is 251 Å². The maximum atomic E-state index is 13.7. The van der Waals surface area contributed by atoms with E-state index in [2.05, 4.69) is 64.1 Å². The monoisotopic (exact) mass is 591 g/mol. The van der Waals surface area contributed by atoms with Crippen molar-refractivity contribution < 1.29 is 4.39 Å². The number of rotatable bonds is 9. The van der Waals surface area contributed by atoms with Gasteiger partial charge >= 0.3 is 0 Å². The van der Waals surface area contributed by atoms with Gasteiger partial charge in [0.05, 0.1) is 5.02 Å². The van der Waals surface area contributed by atoms with Crippen LogP contribution in [0.3, 0.4) is 0 Å². The van der Waals surface area contributed by atoms with Crippen LogP contribution < -0.4 is 16.0 Å². The number of nitrogens with one attached hydrogen (secondary N) is 3. The normalized spacial score (nSPS) is 26.7. The van der Waals surface area contributed by atoms with Crippen LogP contribution in [0.2, 0.25) is 10.0 Å². The Kier molecular flexibility index (Phi) is 8.08. The van der Waals surface area contributed by atoms with Gasteiger partial charge in [-0.25, -0.2) is 14.4 Å². The number of fused-ring (bicyclic) bond motifs is 1. The highest BCUT2D eigenvalue weighted by molar-refractivity contribution is 6.32. The summed E-state index contributed by atoms with van der Waals surface area (Å²) in [5, 5.41) is 12.4. The van der Waals surface area contributed by atoms with Gasteiger partial charge in [0.15, 0.2) is 0 Å². The zero-order valence-electron chi connectivity index (χ0n) is 23.4. The summed E-state index contributed by atoms with van der Waals surface area (Å²) in [7, 11) is 0. The van der Waals surface area contributed by atoms with Crippen molar-refractivity contribution in [3.05, 3.63) is 99.6 Å². The Balaban J connectivity index is 1.08. The van der Waals surface area contributed by atoms with Gasteiger partial charge in [-0.2, -0.15) is 0 Å². The molecule has 6 rings (SSSR count). The van der Waals surface area contributed by atoms with E-state index >= 15 is 0 Å². The summed E-state index contributed by atoms with van der Waals surface area (Å²) in [6.45, 7) is 4.95. The predicted octanol–water partition coefficient (Wildman–Crippen LogP) is 8.07. The molecular weight excluding hydrogens is 556 g/mol. The van der Waals surface area contributed by atoms with Crippen molar-refractivity contribution in [2.75, 3.05) is 10.6 Å². The van der Waals surface area contributed by atoms with Crippen LogP contribution in [0, 0.1) is 17.7 Å². The van der Waals surface area contributed by atoms with Crippen molar-refractivity contribution >= 4 is 40.4 Å². The van der Waals surface area contributed by atoms with E-state index in [1.165, 1.54) is 11.6 Å². The number of hydrogen-bond acceptors (Lipinski definition) is 5. The minimum atomic E-state index is -0.209. The molecule has 2 fully saturated rings. The maximum absolute atomic E-state index is 13.7. The first kappa shape index (κ1) is 28.2. The molecule has 3 aliphatic rings. The van der Waals surface area contributed by atoms with Crippen molar-refractivity contribution in [3.63, 3.8) is 0 Å². The van der Waals surface area contributed by atoms with Gasteiger partial charge < -0.3 is 16.0 Å². The van der Waals surface area contributed by atoms with Crippen molar-refractivity contribution in [1.29, 1.82) is 0 Å². The molecule has 2 saturated carbocycles. The van der Waals surface area contributed by atoms with Crippen LogP contribution in [0.5, 0.6) is 0 Å². The molecule has 214 valence electrons. The first-order chi connectivity index (χ1) is 19.9. The molecule has 0 bridgehead atoms. The molecule has 3 aliphatic carbocycles. The van der Waals surface area contributed by atoms with Crippen LogP contribution in [0.15, 0.2) is 67.0 Å². The first-order valence-electron chi connectivity index (χ1n) is 14.6. The third kappa shape index (κ3) is 5.88. The van der Waals surface area contributed by atoms with Crippen molar-refractivity contribution in [3.8, 4) is 0 Å². The summed E-state index contributed by atoms with van der Waals surface area (Å²) in [6.07, 6.45) is 15.2. The van der Waals surface area contributed by atoms with Gasteiger partial charge in [0.2, 0.25) is 0 Å². The average Bonchev–Trinajstić information content (AvgIpc) is 3.58. The van der Waals surface area contributed by atoms with Crippen LogP contribution >= 0.6 is 23.2 Å². The number of hydrogen-bond donors (Lipinski definition) is 3. The van der Waals surface area contributed by atoms with E-state index in [4.69, 9.17) is 23.2 Å². The van der Waals surface area contributed by atoms with E-state index in [1.807, 2.05) is 18.3 Å². The second-order valence-electron chi connectivity index (χ2n) is 11.6. The quantitative estimate of drug-likeness (QED) is 0.235. The molecule has 2 heterocycles. The molecule has 5 nitrogen and oxygen atoms in total. The highest BCUT2D eigenvalue weighted by atomic mass is 35.5. The number of nitrogens with zero attached hydrogens (tertiary/aromatic N) is 2. The lowest BCUT2D eigenvalue weighted by Gasteiger charge is -2.30. The molecule has 0 saturated heterocycles. The molecule has 2 aromatic heterocycles. The van der Waals surface area contributed by atoms with E-state index in [0.717, 1.165) is 65.5 Å². The van der Waals surface area contributed by atoms with Crippen LogP contribution in [-0.2, 0) is 13.0 Å². The molecule has 0 aliphatic heterocycles. The summed E-state index contributed by atoms with van der Waals surface area (Å²) >= 11 is 13.1. The lowest BCUT2D eigenvalue weighted by molar-refractivity contribution is 0.427. The van der Waals surface area contributed by atoms with Crippen LogP contribution in [0.1, 0.15) is 56.2 Å². The van der Waals surface area contributed by atoms with Crippen LogP contribution in [-0.4, -0.2) is 27.6 Å². The number of pyridine rings is 2. The molecule has 8 heteroatoms. The largest absolute Gasteiger partial charge is 0.367 e. The Hall–Kier alpha value is -2.93. The third-order valence-corrected chi connectivity index (χ3v) is 9.69. The number of anilines is 2. The highest BCUT2D eigenvalue weighted by Gasteiger charge is 2.62. The van der Waals surface area contributed by atoms with E-state index in [0.29, 0.717) is 35.5 Å². The van der Waals surface area contributed by atoms with Crippen LogP contribution in [0.4, 0.5) is 16.0 Å². The van der Waals surface area contributed by atoms with Crippen molar-refractivity contribution in [2.24, 2.45) is 11.8 Å². The summed E-state index contributed by atoms with van der Waals surface area (Å²) in [5.74, 6) is 2.18. The Morgan fingerprint density at radius 1 is 0.951 bits per heavy atom. The molecular formula is C33H36Cl2FN5. The maximum Gasteiger partial charge on any atom is 0.127 e. The Morgan fingerprint density at radius 2 is 1.66 bits per heavy atom. The minimum absolute atomic E-state index is 0.155. The summed E-state index contributed by atoms with van der Waals surface area (Å²) < 4.78 is 13.7. The molecule has 0 spiro atoms. The number of halogens is 3. The molecule has 41 heavy (non-hydrogen) atoms. The molecule has 0 radical (unpaired) electrons. The summed E-state index contributed by atoms with van der Waals surface area (Å²) in [5.41, 5.74) is 4.10. The van der Waals surface area contributed by atoms with Crippen molar-refractivity contribution in [1.82, 2.24) is 15.3 Å². The van der Waals surface area contributed by atoms with E-state index in [9.17, 15) is 4.39 Å². The molecule has 1 aromatic carbocycles. The fourth-order valence-corrected chi connectivity index (χ4v) is 7.11. The molecule has 3 atom stereocenters. The first-order valence-corrected chi connectivity index (χ1v) is 15.3. The standard InChI is InChI=1S/C33H36Cl2FN5/c1-3-22-18-37-31(16-28(22)34)41-25-11-9-24(10-12-25)40-30-15-27(29(35)19-38-30)26-8-5-13-33(20(2)32(26)33)39-17-21-6-4-7-23(36)14-21/h4-8,13-16,18-20,24-25,32,39H,3,9-12,17H2,1-2H3,(H,37,41)(H,38,40). The van der Waals surface area contributed by atoms with Gasteiger partial charge in [-0.3, -0.25) is 0 Å². The molecule has 3 aromatic rings. The molecule has 3 N–H and O–H groups in total. The lowest BCUT2D eigenvalue weighted by atomic mass is 9.91. The van der Waals surface area contributed by atoms with Gasteiger partial charge in [-0.05, 0) is 79.0 Å². The highest BCUT2D eigenvalue weighted by Crippen LogP contribution is 2.60. The summed E-state index contributed by atoms with van der Waals surface area (Å²) in [6, 6.07) is 11.5. The third-order valence-electron chi connectivity index (χ3n) is 9.04. The molecule has 3 unspecified atom stereocenters. The SMILES string of the molecule is CCc1cnc(NC2CCC(Nc3cc(C4=CC=CC5(NCc6cccc(F)c6)C(C)C45)c(Cl)cn3)CC2)cc1Cl. The lowest BCUT2D eigenvalue weighted by Crippen LogP contribution is -2.33. The number of aryl methyl sites for hydroxylation is 1. The number of benzene rings is 1. The fraction of sp³-hybridized carbons (Fsp3) is 0.394. The van der Waals surface area contributed by atoms with E-state index in [1.54, 1.807) is 18.3 Å². The van der Waals surface area contributed by atoms with Gasteiger partial charge in [-0.1, -0.05) is 67.4 Å². The molecule has 0 amide bonds. The average molecular weight is 593 g/mol. The van der Waals surface area contributed by atoms with E-state index < -0.39 is 0 Å². The van der Waals surface area contributed by atoms with Gasteiger partial charge in [0.25, 0.3) is 0 Å². The Morgan fingerprint density at radius 3 is 2.34 bits per heavy atom. The van der Waals surface area contributed by atoms with E-state index in [-0.39, 0.29) is 11.4 Å². The smallest absolute Gasteiger partial charge is 0.127 e. The number of allylic oxidation sites excluding steroid dienone is 2. The van der Waals surface area contributed by atoms with Gasteiger partial charge in [0, 0.05) is 53.1 Å². The van der Waals surface area contributed by atoms with Gasteiger partial charge in [-0.15, -0.1) is 0 Å². The summed E-state index contributed by atoms with van der Waals surface area (Å²) in [4.78, 5) is 9.16. The minimum Gasteiger partial charge on any atom is -0.367 e. The predicted molar refractivity (Wildman–Crippen MR) is 167 cm³/mol. The zero-order chi connectivity index (χ0) is 28.6. The second kappa shape index (κ2) is 11.7. The van der Waals surface area contributed by atoms with Crippen LogP contribution in [0.25, 0.3) is 5.57 Å².